The van der Waals surface area contributed by atoms with E-state index in [9.17, 15) is 5.11 Å². The van der Waals surface area contributed by atoms with Crippen LogP contribution in [0.2, 0.25) is 0 Å². The molecule has 3 nitrogen and oxygen atoms in total. The van der Waals surface area contributed by atoms with Gasteiger partial charge in [-0.15, -0.1) is 0 Å². The van der Waals surface area contributed by atoms with Gasteiger partial charge in [-0.2, -0.15) is 0 Å². The number of hydrogen-bond acceptors (Lipinski definition) is 2. The maximum Gasteiger partial charge on any atom is 0.0812 e. The molecule has 0 bridgehead atoms. The SMILES string of the molecule is CC1(C)Cc2c(ccn2CCOC2CCCCC2)C(O)C1. The summed E-state index contributed by atoms with van der Waals surface area (Å²) in [7, 11) is 0. The summed E-state index contributed by atoms with van der Waals surface area (Å²) < 4.78 is 8.34. The molecule has 21 heavy (non-hydrogen) atoms. The maximum absolute atomic E-state index is 10.3. The first-order chi connectivity index (χ1) is 10.1. The smallest absolute Gasteiger partial charge is 0.0812 e. The molecular formula is C18H29NO2. The molecule has 118 valence electrons. The Hall–Kier alpha value is -0.800. The van der Waals surface area contributed by atoms with Gasteiger partial charge in [-0.1, -0.05) is 33.1 Å². The average molecular weight is 291 g/mol. The van der Waals surface area contributed by atoms with Crippen molar-refractivity contribution in [2.75, 3.05) is 6.61 Å². The zero-order valence-electron chi connectivity index (χ0n) is 13.5. The largest absolute Gasteiger partial charge is 0.388 e. The zero-order chi connectivity index (χ0) is 14.9. The molecule has 1 atom stereocenters. The first-order valence-electron chi connectivity index (χ1n) is 8.53. The third kappa shape index (κ3) is 3.51. The van der Waals surface area contributed by atoms with E-state index in [4.69, 9.17) is 4.74 Å². The molecule has 1 saturated carbocycles. The number of aromatic nitrogens is 1. The van der Waals surface area contributed by atoms with Gasteiger partial charge in [-0.3, -0.25) is 0 Å². The molecule has 3 heteroatoms. The van der Waals surface area contributed by atoms with E-state index in [0.29, 0.717) is 6.10 Å². The van der Waals surface area contributed by atoms with Crippen LogP contribution in [-0.4, -0.2) is 22.4 Å². The van der Waals surface area contributed by atoms with Crippen LogP contribution in [0.1, 0.15) is 69.7 Å². The van der Waals surface area contributed by atoms with Gasteiger partial charge >= 0.3 is 0 Å². The predicted octanol–water partition coefficient (Wildman–Crippen LogP) is 3.84. The minimum Gasteiger partial charge on any atom is -0.388 e. The van der Waals surface area contributed by atoms with E-state index in [1.54, 1.807) is 0 Å². The second kappa shape index (κ2) is 6.13. The Morgan fingerprint density at radius 3 is 2.81 bits per heavy atom. The van der Waals surface area contributed by atoms with E-state index in [1.807, 2.05) is 0 Å². The van der Waals surface area contributed by atoms with Crippen LogP contribution < -0.4 is 0 Å². The molecule has 2 aliphatic carbocycles. The highest BCUT2D eigenvalue weighted by Gasteiger charge is 2.33. The summed E-state index contributed by atoms with van der Waals surface area (Å²) in [5, 5.41) is 10.3. The number of aliphatic hydroxyl groups is 1. The molecule has 1 fully saturated rings. The van der Waals surface area contributed by atoms with Crippen LogP contribution >= 0.6 is 0 Å². The van der Waals surface area contributed by atoms with Crippen molar-refractivity contribution in [1.82, 2.24) is 4.57 Å². The van der Waals surface area contributed by atoms with E-state index in [0.717, 1.165) is 31.6 Å². The Morgan fingerprint density at radius 1 is 1.29 bits per heavy atom. The summed E-state index contributed by atoms with van der Waals surface area (Å²) in [6.07, 6.45) is 10.7. The van der Waals surface area contributed by atoms with E-state index in [2.05, 4.69) is 30.7 Å². The van der Waals surface area contributed by atoms with Crippen LogP contribution in [0.5, 0.6) is 0 Å². The molecule has 1 N–H and O–H groups in total. The minimum atomic E-state index is -0.302. The Morgan fingerprint density at radius 2 is 2.05 bits per heavy atom. The fraction of sp³-hybridized carbons (Fsp3) is 0.778. The van der Waals surface area contributed by atoms with Crippen molar-refractivity contribution in [1.29, 1.82) is 0 Å². The molecule has 0 spiro atoms. The highest BCUT2D eigenvalue weighted by molar-refractivity contribution is 5.29. The Kier molecular flexibility index (Phi) is 4.41. The zero-order valence-corrected chi connectivity index (χ0v) is 13.5. The summed E-state index contributed by atoms with van der Waals surface area (Å²) in [4.78, 5) is 0. The van der Waals surface area contributed by atoms with Crippen LogP contribution in [0, 0.1) is 5.41 Å². The highest BCUT2D eigenvalue weighted by Crippen LogP contribution is 2.41. The van der Waals surface area contributed by atoms with E-state index in [-0.39, 0.29) is 11.5 Å². The van der Waals surface area contributed by atoms with Gasteiger partial charge < -0.3 is 14.4 Å². The second-order valence-electron chi connectivity index (χ2n) is 7.60. The Labute approximate surface area is 128 Å². The molecule has 1 heterocycles. The number of nitrogens with zero attached hydrogens (tertiary/aromatic N) is 1. The van der Waals surface area contributed by atoms with Crippen molar-refractivity contribution in [3.8, 4) is 0 Å². The number of aliphatic hydroxyl groups excluding tert-OH is 1. The molecule has 2 aliphatic rings. The average Bonchev–Trinajstić information content (AvgIpc) is 2.82. The van der Waals surface area contributed by atoms with E-state index >= 15 is 0 Å². The predicted molar refractivity (Wildman–Crippen MR) is 84.3 cm³/mol. The molecular weight excluding hydrogens is 262 g/mol. The van der Waals surface area contributed by atoms with Crippen molar-refractivity contribution < 1.29 is 9.84 Å². The van der Waals surface area contributed by atoms with Crippen molar-refractivity contribution >= 4 is 0 Å². The number of fused-ring (bicyclic) bond motifs is 1. The van der Waals surface area contributed by atoms with Gasteiger partial charge in [-0.25, -0.2) is 0 Å². The molecule has 3 rings (SSSR count). The molecule has 1 aromatic rings. The lowest BCUT2D eigenvalue weighted by molar-refractivity contribution is 0.0233. The van der Waals surface area contributed by atoms with Gasteiger partial charge in [0.2, 0.25) is 0 Å². The molecule has 0 aliphatic heterocycles. The third-order valence-corrected chi connectivity index (χ3v) is 5.10. The summed E-state index contributed by atoms with van der Waals surface area (Å²) in [5.74, 6) is 0. The van der Waals surface area contributed by atoms with Gasteiger partial charge in [0.1, 0.15) is 0 Å². The van der Waals surface area contributed by atoms with Crippen molar-refractivity contribution in [3.05, 3.63) is 23.5 Å². The molecule has 1 unspecified atom stereocenters. The summed E-state index contributed by atoms with van der Waals surface area (Å²) >= 11 is 0. The second-order valence-corrected chi connectivity index (χ2v) is 7.60. The van der Waals surface area contributed by atoms with Gasteiger partial charge in [0, 0.05) is 24.0 Å². The maximum atomic E-state index is 10.3. The normalized spacial score (nSPS) is 25.8. The lowest BCUT2D eigenvalue weighted by atomic mass is 9.75. The fourth-order valence-electron chi connectivity index (χ4n) is 3.95. The number of hydrogen-bond donors (Lipinski definition) is 1. The monoisotopic (exact) mass is 291 g/mol. The number of ether oxygens (including phenoxy) is 1. The van der Waals surface area contributed by atoms with Crippen molar-refractivity contribution in [2.24, 2.45) is 5.41 Å². The van der Waals surface area contributed by atoms with Crippen LogP contribution in [0.4, 0.5) is 0 Å². The van der Waals surface area contributed by atoms with Crippen LogP contribution in [0.25, 0.3) is 0 Å². The topological polar surface area (TPSA) is 34.4 Å². The highest BCUT2D eigenvalue weighted by atomic mass is 16.5. The minimum absolute atomic E-state index is 0.187. The first kappa shape index (κ1) is 15.1. The molecule has 1 aromatic heterocycles. The third-order valence-electron chi connectivity index (χ3n) is 5.10. The van der Waals surface area contributed by atoms with Crippen molar-refractivity contribution in [3.63, 3.8) is 0 Å². The van der Waals surface area contributed by atoms with E-state index < -0.39 is 0 Å². The van der Waals surface area contributed by atoms with Crippen LogP contribution in [0.3, 0.4) is 0 Å². The van der Waals surface area contributed by atoms with Crippen LogP contribution in [0.15, 0.2) is 12.3 Å². The van der Waals surface area contributed by atoms with Gasteiger partial charge in [-0.05, 0) is 37.2 Å². The standard InChI is InChI=1S/C18H29NO2/c1-18(2)12-16-15(17(20)13-18)8-9-19(16)10-11-21-14-6-4-3-5-7-14/h8-9,14,17,20H,3-7,10-13H2,1-2H3. The lowest BCUT2D eigenvalue weighted by Crippen LogP contribution is -2.27. The van der Waals surface area contributed by atoms with Crippen LogP contribution in [-0.2, 0) is 17.7 Å². The Bertz CT molecular complexity index is 472. The number of rotatable bonds is 4. The molecule has 0 radical (unpaired) electrons. The molecule has 0 amide bonds. The van der Waals surface area contributed by atoms with Gasteiger partial charge in [0.25, 0.3) is 0 Å². The quantitative estimate of drug-likeness (QED) is 0.914. The Balaban J connectivity index is 1.59. The summed E-state index contributed by atoms with van der Waals surface area (Å²) in [6, 6.07) is 2.09. The summed E-state index contributed by atoms with van der Waals surface area (Å²) in [6.45, 7) is 6.20. The molecule has 0 saturated heterocycles. The first-order valence-corrected chi connectivity index (χ1v) is 8.53. The molecule has 0 aromatic carbocycles. The van der Waals surface area contributed by atoms with Gasteiger partial charge in [0.05, 0.1) is 18.8 Å². The lowest BCUT2D eigenvalue weighted by Gasteiger charge is -2.34. The summed E-state index contributed by atoms with van der Waals surface area (Å²) in [5.41, 5.74) is 2.63. The van der Waals surface area contributed by atoms with Crippen molar-refractivity contribution in [2.45, 2.75) is 77.5 Å². The fourth-order valence-corrected chi connectivity index (χ4v) is 3.95. The van der Waals surface area contributed by atoms with E-state index in [1.165, 1.54) is 37.8 Å². The van der Waals surface area contributed by atoms with Gasteiger partial charge in [0.15, 0.2) is 0 Å².